The largest absolute Gasteiger partial charge is 0.244 e. The summed E-state index contributed by atoms with van der Waals surface area (Å²) < 4.78 is 0. The van der Waals surface area contributed by atoms with Crippen LogP contribution in [-0.2, 0) is 5.88 Å². The molecule has 1 aromatic rings. The summed E-state index contributed by atoms with van der Waals surface area (Å²) in [6, 6.07) is 1.80. The molecule has 10 heavy (non-hydrogen) atoms. The monoisotopic (exact) mass is 175 g/mol. The Morgan fingerprint density at radius 1 is 1.60 bits per heavy atom. The van der Waals surface area contributed by atoms with Gasteiger partial charge >= 0.3 is 0 Å². The van der Waals surface area contributed by atoms with E-state index in [9.17, 15) is 0 Å². The Morgan fingerprint density at radius 3 is 2.80 bits per heavy atom. The van der Waals surface area contributed by atoms with Crippen LogP contribution in [0.25, 0.3) is 0 Å². The summed E-state index contributed by atoms with van der Waals surface area (Å²) in [5.74, 6) is 0.496. The van der Waals surface area contributed by atoms with Gasteiger partial charge in [0.2, 0.25) is 0 Å². The first-order valence-corrected chi connectivity index (χ1v) is 3.82. The van der Waals surface area contributed by atoms with Crippen molar-refractivity contribution in [3.63, 3.8) is 0 Å². The highest BCUT2D eigenvalue weighted by atomic mass is 35.5. The molecule has 0 saturated heterocycles. The van der Waals surface area contributed by atoms with Crippen molar-refractivity contribution >= 4 is 23.2 Å². The van der Waals surface area contributed by atoms with Crippen molar-refractivity contribution < 1.29 is 0 Å². The van der Waals surface area contributed by atoms with E-state index >= 15 is 0 Å². The summed E-state index contributed by atoms with van der Waals surface area (Å²) in [5, 5.41) is 0.520. The van der Waals surface area contributed by atoms with E-state index in [-0.39, 0.29) is 0 Å². The SMILES string of the molecule is Cc1cc(Cl)ncc1CCl. The van der Waals surface area contributed by atoms with Crippen LogP contribution >= 0.6 is 23.2 Å². The Labute approximate surface area is 70.0 Å². The van der Waals surface area contributed by atoms with E-state index in [2.05, 4.69) is 4.98 Å². The van der Waals surface area contributed by atoms with Crippen molar-refractivity contribution in [1.82, 2.24) is 4.98 Å². The van der Waals surface area contributed by atoms with Gasteiger partial charge < -0.3 is 0 Å². The van der Waals surface area contributed by atoms with Crippen molar-refractivity contribution in [2.24, 2.45) is 0 Å². The molecule has 3 heteroatoms. The van der Waals surface area contributed by atoms with Crippen LogP contribution in [0.5, 0.6) is 0 Å². The first-order chi connectivity index (χ1) is 4.74. The third-order valence-electron chi connectivity index (χ3n) is 1.33. The Hall–Kier alpha value is -0.270. The maximum atomic E-state index is 5.62. The van der Waals surface area contributed by atoms with Gasteiger partial charge in [0.1, 0.15) is 5.15 Å². The topological polar surface area (TPSA) is 12.9 Å². The Kier molecular flexibility index (Phi) is 2.52. The minimum atomic E-state index is 0.496. The number of pyridine rings is 1. The Balaban J connectivity index is 3.07. The van der Waals surface area contributed by atoms with Gasteiger partial charge in [-0.1, -0.05) is 11.6 Å². The summed E-state index contributed by atoms with van der Waals surface area (Å²) in [4.78, 5) is 3.89. The number of hydrogen-bond acceptors (Lipinski definition) is 1. The number of aryl methyl sites for hydroxylation is 1. The van der Waals surface area contributed by atoms with Crippen LogP contribution in [0.1, 0.15) is 11.1 Å². The summed E-state index contributed by atoms with van der Waals surface area (Å²) in [7, 11) is 0. The van der Waals surface area contributed by atoms with Gasteiger partial charge in [-0.05, 0) is 24.1 Å². The molecule has 0 saturated carbocycles. The zero-order valence-electron chi connectivity index (χ0n) is 5.56. The average Bonchev–Trinajstić information content (AvgIpc) is 1.88. The fraction of sp³-hybridized carbons (Fsp3) is 0.286. The third kappa shape index (κ3) is 1.61. The number of aromatic nitrogens is 1. The lowest BCUT2D eigenvalue weighted by atomic mass is 10.2. The van der Waals surface area contributed by atoms with Crippen molar-refractivity contribution in [3.05, 3.63) is 28.5 Å². The molecule has 0 atom stereocenters. The first-order valence-electron chi connectivity index (χ1n) is 2.91. The molecule has 0 aliphatic carbocycles. The molecule has 1 rings (SSSR count). The van der Waals surface area contributed by atoms with E-state index in [0.717, 1.165) is 11.1 Å². The minimum absolute atomic E-state index is 0.496. The van der Waals surface area contributed by atoms with Crippen molar-refractivity contribution in [3.8, 4) is 0 Å². The normalized spacial score (nSPS) is 9.90. The van der Waals surface area contributed by atoms with Crippen LogP contribution in [0.3, 0.4) is 0 Å². The smallest absolute Gasteiger partial charge is 0.129 e. The summed E-state index contributed by atoms with van der Waals surface area (Å²) in [6.45, 7) is 1.96. The van der Waals surface area contributed by atoms with Crippen LogP contribution in [-0.4, -0.2) is 4.98 Å². The highest BCUT2D eigenvalue weighted by Gasteiger charge is 1.96. The molecule has 54 valence electrons. The van der Waals surface area contributed by atoms with Crippen LogP contribution < -0.4 is 0 Å². The molecule has 0 N–H and O–H groups in total. The number of nitrogens with zero attached hydrogens (tertiary/aromatic N) is 1. The maximum absolute atomic E-state index is 5.62. The second-order valence-electron chi connectivity index (χ2n) is 2.07. The molecule has 0 aliphatic rings. The zero-order valence-corrected chi connectivity index (χ0v) is 7.08. The third-order valence-corrected chi connectivity index (χ3v) is 1.82. The molecule has 1 nitrogen and oxygen atoms in total. The van der Waals surface area contributed by atoms with Gasteiger partial charge in [-0.3, -0.25) is 0 Å². The molecule has 0 unspecified atom stereocenters. The fourth-order valence-corrected chi connectivity index (χ4v) is 1.18. The molecular formula is C7H7Cl2N. The average molecular weight is 176 g/mol. The summed E-state index contributed by atoms with van der Waals surface area (Å²) in [5.41, 5.74) is 2.13. The van der Waals surface area contributed by atoms with Gasteiger partial charge in [0, 0.05) is 12.1 Å². The number of rotatable bonds is 1. The number of alkyl halides is 1. The summed E-state index contributed by atoms with van der Waals surface area (Å²) in [6.07, 6.45) is 1.70. The predicted octanol–water partition coefficient (Wildman–Crippen LogP) is 2.78. The van der Waals surface area contributed by atoms with Crippen molar-refractivity contribution in [1.29, 1.82) is 0 Å². The van der Waals surface area contributed by atoms with Crippen molar-refractivity contribution in [2.45, 2.75) is 12.8 Å². The molecule has 0 bridgehead atoms. The second-order valence-corrected chi connectivity index (χ2v) is 2.72. The van der Waals surface area contributed by atoms with E-state index < -0.39 is 0 Å². The highest BCUT2D eigenvalue weighted by molar-refractivity contribution is 6.29. The predicted molar refractivity (Wildman–Crippen MR) is 43.5 cm³/mol. The van der Waals surface area contributed by atoms with Crippen molar-refractivity contribution in [2.75, 3.05) is 0 Å². The lowest BCUT2D eigenvalue weighted by Crippen LogP contribution is -1.86. The first kappa shape index (κ1) is 7.83. The van der Waals surface area contributed by atoms with Gasteiger partial charge in [0.25, 0.3) is 0 Å². The van der Waals surface area contributed by atoms with Crippen LogP contribution in [0.15, 0.2) is 12.3 Å². The lowest BCUT2D eigenvalue weighted by molar-refractivity contribution is 1.19. The molecule has 1 aromatic heterocycles. The van der Waals surface area contributed by atoms with E-state index in [1.54, 1.807) is 12.3 Å². The number of hydrogen-bond donors (Lipinski definition) is 0. The highest BCUT2D eigenvalue weighted by Crippen LogP contribution is 2.13. The van der Waals surface area contributed by atoms with E-state index in [0.29, 0.717) is 11.0 Å². The summed E-state index contributed by atoms with van der Waals surface area (Å²) >= 11 is 11.2. The number of halogens is 2. The second kappa shape index (κ2) is 3.22. The minimum Gasteiger partial charge on any atom is -0.244 e. The molecular weight excluding hydrogens is 169 g/mol. The standard InChI is InChI=1S/C7H7Cl2N/c1-5-2-7(9)10-4-6(5)3-8/h2,4H,3H2,1H3. The van der Waals surface area contributed by atoms with E-state index in [1.807, 2.05) is 6.92 Å². The molecule has 0 radical (unpaired) electrons. The molecule has 1 heterocycles. The Bertz CT molecular complexity index is 235. The van der Waals surface area contributed by atoms with Gasteiger partial charge in [0.15, 0.2) is 0 Å². The molecule has 0 fully saturated rings. The van der Waals surface area contributed by atoms with Gasteiger partial charge in [-0.2, -0.15) is 0 Å². The van der Waals surface area contributed by atoms with E-state index in [4.69, 9.17) is 23.2 Å². The maximum Gasteiger partial charge on any atom is 0.129 e. The lowest BCUT2D eigenvalue weighted by Gasteiger charge is -1.99. The van der Waals surface area contributed by atoms with Gasteiger partial charge in [-0.25, -0.2) is 4.98 Å². The van der Waals surface area contributed by atoms with E-state index in [1.165, 1.54) is 0 Å². The van der Waals surface area contributed by atoms with Crippen LogP contribution in [0, 0.1) is 6.92 Å². The Morgan fingerprint density at radius 2 is 2.30 bits per heavy atom. The van der Waals surface area contributed by atoms with Crippen LogP contribution in [0.2, 0.25) is 5.15 Å². The molecule has 0 amide bonds. The molecule has 0 spiro atoms. The van der Waals surface area contributed by atoms with Gasteiger partial charge in [0.05, 0.1) is 0 Å². The quantitative estimate of drug-likeness (QED) is 0.473. The zero-order chi connectivity index (χ0) is 7.56. The molecule has 0 aliphatic heterocycles. The van der Waals surface area contributed by atoms with Gasteiger partial charge in [-0.15, -0.1) is 11.6 Å². The fourth-order valence-electron chi connectivity index (χ4n) is 0.690. The van der Waals surface area contributed by atoms with Crippen LogP contribution in [0.4, 0.5) is 0 Å². The molecule has 0 aromatic carbocycles.